The molecule has 8 heteroatoms. The summed E-state index contributed by atoms with van der Waals surface area (Å²) in [6.45, 7) is 11.4. The van der Waals surface area contributed by atoms with E-state index in [1.807, 2.05) is 79.9 Å². The number of hydrogen-bond donors (Lipinski definition) is 2. The molecule has 0 radical (unpaired) electrons. The van der Waals surface area contributed by atoms with Gasteiger partial charge in [0.2, 0.25) is 0 Å². The number of ether oxygens (including phenoxy) is 1. The second-order valence-corrected chi connectivity index (χ2v) is 11.8. The van der Waals surface area contributed by atoms with Gasteiger partial charge < -0.3 is 15.4 Å². The van der Waals surface area contributed by atoms with Crippen molar-refractivity contribution >= 4 is 28.4 Å². The Bertz CT molecular complexity index is 1820. The van der Waals surface area contributed by atoms with Crippen LogP contribution in [0.3, 0.4) is 0 Å². The van der Waals surface area contributed by atoms with Crippen molar-refractivity contribution in [1.82, 2.24) is 14.5 Å². The van der Waals surface area contributed by atoms with Crippen LogP contribution in [0.25, 0.3) is 22.2 Å². The molecule has 0 aliphatic rings. The van der Waals surface area contributed by atoms with Crippen LogP contribution in [0.5, 0.6) is 5.75 Å². The monoisotopic (exact) mass is 603 g/mol. The highest BCUT2D eigenvalue weighted by Crippen LogP contribution is 2.36. The summed E-state index contributed by atoms with van der Waals surface area (Å²) in [6, 6.07) is 20.9. The molecule has 3 aromatic heterocycles. The molecule has 5 aromatic rings. The third kappa shape index (κ3) is 7.06. The molecular formula is C37H41N5O3. The lowest BCUT2D eigenvalue weighted by atomic mass is 9.93. The van der Waals surface area contributed by atoms with Gasteiger partial charge in [0.05, 0.1) is 6.61 Å². The standard InChI is InChI=1S/C37H41N5O3/c1-6-20-42-35-31(16-10-19-39-35)32(27-12-7-13-28(22-27)45-21-17-26-11-9-18-38-23-26)34(36(42)43)41-37(44)40-33-29(24(2)3)14-8-15-30(33)25(4)5/h7-16,18-19,22-25H,6,17,20-21H2,1-5H3,(H2,40,41,44). The van der Waals surface area contributed by atoms with E-state index >= 15 is 0 Å². The molecule has 0 aliphatic heterocycles. The van der Waals surface area contributed by atoms with E-state index in [1.165, 1.54) is 0 Å². The first-order valence-corrected chi connectivity index (χ1v) is 15.6. The predicted octanol–water partition coefficient (Wildman–Crippen LogP) is 8.38. The minimum Gasteiger partial charge on any atom is -0.493 e. The average Bonchev–Trinajstić information content (AvgIpc) is 3.03. The second kappa shape index (κ2) is 14.2. The highest BCUT2D eigenvalue weighted by molar-refractivity contribution is 6.07. The molecule has 2 amide bonds. The van der Waals surface area contributed by atoms with Crippen molar-refractivity contribution in [2.45, 2.75) is 65.8 Å². The third-order valence-electron chi connectivity index (χ3n) is 7.82. The number of benzene rings is 2. The van der Waals surface area contributed by atoms with Gasteiger partial charge in [-0.15, -0.1) is 0 Å². The van der Waals surface area contributed by atoms with Gasteiger partial charge in [0.1, 0.15) is 17.1 Å². The molecule has 3 heterocycles. The van der Waals surface area contributed by atoms with Crippen molar-refractivity contribution in [3.05, 3.63) is 112 Å². The van der Waals surface area contributed by atoms with Gasteiger partial charge in [0.25, 0.3) is 5.56 Å². The number of nitrogens with zero attached hydrogens (tertiary/aromatic N) is 3. The van der Waals surface area contributed by atoms with Crippen LogP contribution in [-0.2, 0) is 13.0 Å². The highest BCUT2D eigenvalue weighted by atomic mass is 16.5. The molecule has 0 aliphatic carbocycles. The van der Waals surface area contributed by atoms with E-state index in [-0.39, 0.29) is 23.1 Å². The van der Waals surface area contributed by atoms with Gasteiger partial charge in [0, 0.05) is 48.2 Å². The summed E-state index contributed by atoms with van der Waals surface area (Å²) >= 11 is 0. The zero-order chi connectivity index (χ0) is 31.9. The van der Waals surface area contributed by atoms with Gasteiger partial charge >= 0.3 is 6.03 Å². The molecule has 8 nitrogen and oxygen atoms in total. The number of para-hydroxylation sites is 1. The molecule has 0 saturated heterocycles. The molecule has 45 heavy (non-hydrogen) atoms. The maximum atomic E-state index is 14.2. The number of anilines is 2. The number of nitrogens with one attached hydrogen (secondary N) is 2. The number of carbonyl (C=O) groups excluding carboxylic acids is 1. The Morgan fingerprint density at radius 1 is 0.889 bits per heavy atom. The molecule has 2 aromatic carbocycles. The van der Waals surface area contributed by atoms with Crippen LogP contribution in [0, 0.1) is 0 Å². The Morgan fingerprint density at radius 3 is 2.29 bits per heavy atom. The molecule has 0 saturated carbocycles. The van der Waals surface area contributed by atoms with Crippen molar-refractivity contribution in [1.29, 1.82) is 0 Å². The minimum absolute atomic E-state index is 0.196. The lowest BCUT2D eigenvalue weighted by molar-refractivity contribution is 0.262. The fourth-order valence-corrected chi connectivity index (χ4v) is 5.65. The zero-order valence-corrected chi connectivity index (χ0v) is 26.6. The van der Waals surface area contributed by atoms with Gasteiger partial charge in [-0.1, -0.05) is 71.0 Å². The quantitative estimate of drug-likeness (QED) is 0.158. The van der Waals surface area contributed by atoms with Crippen LogP contribution in [-0.4, -0.2) is 27.2 Å². The Labute approximate surface area is 264 Å². The Balaban J connectivity index is 1.57. The Kier molecular flexibility index (Phi) is 9.92. The largest absolute Gasteiger partial charge is 0.493 e. The number of aryl methyl sites for hydroxylation is 1. The summed E-state index contributed by atoms with van der Waals surface area (Å²) in [5.74, 6) is 1.06. The molecule has 0 unspecified atom stereocenters. The molecule has 0 bridgehead atoms. The lowest BCUT2D eigenvalue weighted by Crippen LogP contribution is -2.30. The highest BCUT2D eigenvalue weighted by Gasteiger charge is 2.22. The summed E-state index contributed by atoms with van der Waals surface area (Å²) < 4.78 is 7.76. The maximum Gasteiger partial charge on any atom is 0.323 e. The molecule has 232 valence electrons. The minimum atomic E-state index is -0.474. The topological polar surface area (TPSA) is 98.1 Å². The van der Waals surface area contributed by atoms with Crippen LogP contribution in [0.2, 0.25) is 0 Å². The second-order valence-electron chi connectivity index (χ2n) is 11.8. The van der Waals surface area contributed by atoms with E-state index in [1.54, 1.807) is 17.0 Å². The van der Waals surface area contributed by atoms with Crippen molar-refractivity contribution in [2.24, 2.45) is 0 Å². The van der Waals surface area contributed by atoms with Crippen molar-refractivity contribution in [2.75, 3.05) is 17.2 Å². The number of fused-ring (bicyclic) bond motifs is 1. The summed E-state index contributed by atoms with van der Waals surface area (Å²) in [7, 11) is 0. The Hall–Kier alpha value is -4.98. The van der Waals surface area contributed by atoms with E-state index in [2.05, 4.69) is 48.3 Å². The van der Waals surface area contributed by atoms with Crippen LogP contribution in [0.4, 0.5) is 16.2 Å². The van der Waals surface area contributed by atoms with Gasteiger partial charge in [-0.2, -0.15) is 0 Å². The summed E-state index contributed by atoms with van der Waals surface area (Å²) in [5.41, 5.74) is 5.75. The molecule has 5 rings (SSSR count). The van der Waals surface area contributed by atoms with E-state index in [9.17, 15) is 9.59 Å². The SMILES string of the molecule is CCCn1c(=O)c(NC(=O)Nc2c(C(C)C)cccc2C(C)C)c(-c2cccc(OCCc3cccnc3)c2)c2cccnc21. The number of urea groups is 1. The van der Waals surface area contributed by atoms with Crippen LogP contribution < -0.4 is 20.9 Å². The van der Waals surface area contributed by atoms with Gasteiger partial charge in [-0.3, -0.25) is 14.3 Å². The lowest BCUT2D eigenvalue weighted by Gasteiger charge is -2.22. The van der Waals surface area contributed by atoms with Crippen LogP contribution in [0.1, 0.15) is 69.6 Å². The molecule has 0 spiro atoms. The number of hydrogen-bond acceptors (Lipinski definition) is 5. The molecule has 0 atom stereocenters. The zero-order valence-electron chi connectivity index (χ0n) is 26.6. The summed E-state index contributed by atoms with van der Waals surface area (Å²) in [6.07, 6.45) is 6.71. The first-order valence-electron chi connectivity index (χ1n) is 15.6. The Morgan fingerprint density at radius 2 is 1.60 bits per heavy atom. The predicted molar refractivity (Wildman–Crippen MR) is 182 cm³/mol. The number of carbonyl (C=O) groups is 1. The molecular weight excluding hydrogens is 562 g/mol. The number of pyridine rings is 3. The number of amides is 2. The van der Waals surface area contributed by atoms with Gasteiger partial charge in [-0.25, -0.2) is 9.78 Å². The number of aromatic nitrogens is 3. The molecule has 0 fully saturated rings. The first kappa shape index (κ1) is 31.4. The van der Waals surface area contributed by atoms with Crippen molar-refractivity contribution in [3.8, 4) is 16.9 Å². The van der Waals surface area contributed by atoms with Crippen molar-refractivity contribution in [3.63, 3.8) is 0 Å². The smallest absolute Gasteiger partial charge is 0.323 e. The van der Waals surface area contributed by atoms with E-state index < -0.39 is 6.03 Å². The fraction of sp³-hybridized carbons (Fsp3) is 0.297. The fourth-order valence-electron chi connectivity index (χ4n) is 5.65. The molecule has 2 N–H and O–H groups in total. The first-order chi connectivity index (χ1) is 21.8. The summed E-state index contributed by atoms with van der Waals surface area (Å²) in [5, 5.41) is 6.84. The normalized spacial score (nSPS) is 11.3. The van der Waals surface area contributed by atoms with Gasteiger partial charge in [0.15, 0.2) is 0 Å². The van der Waals surface area contributed by atoms with Crippen molar-refractivity contribution < 1.29 is 9.53 Å². The van der Waals surface area contributed by atoms with E-state index in [0.29, 0.717) is 36.5 Å². The van der Waals surface area contributed by atoms with Gasteiger partial charge in [-0.05, 0) is 70.8 Å². The average molecular weight is 604 g/mol. The van der Waals surface area contributed by atoms with Crippen LogP contribution >= 0.6 is 0 Å². The van der Waals surface area contributed by atoms with E-state index in [4.69, 9.17) is 4.74 Å². The van der Waals surface area contributed by atoms with E-state index in [0.717, 1.165) is 39.7 Å². The number of rotatable bonds is 11. The maximum absolute atomic E-state index is 14.2. The summed E-state index contributed by atoms with van der Waals surface area (Å²) in [4.78, 5) is 36.7. The third-order valence-corrected chi connectivity index (χ3v) is 7.82. The van der Waals surface area contributed by atoms with Crippen LogP contribution in [0.15, 0.2) is 90.1 Å².